The van der Waals surface area contributed by atoms with Crippen LogP contribution < -0.4 is 20.7 Å². The van der Waals surface area contributed by atoms with Crippen molar-refractivity contribution in [1.29, 1.82) is 0 Å². The van der Waals surface area contributed by atoms with E-state index < -0.39 is 12.2 Å². The van der Waals surface area contributed by atoms with E-state index in [4.69, 9.17) is 29.9 Å². The summed E-state index contributed by atoms with van der Waals surface area (Å²) in [6.07, 6.45) is -1.35. The van der Waals surface area contributed by atoms with Crippen LogP contribution in [0.5, 0.6) is 5.75 Å². The van der Waals surface area contributed by atoms with Gasteiger partial charge in [-0.25, -0.2) is 18.7 Å². The smallest absolute Gasteiger partial charge is 0.296 e. The van der Waals surface area contributed by atoms with Crippen molar-refractivity contribution in [2.45, 2.75) is 6.43 Å². The molecule has 15 heteroatoms. The molecule has 42 heavy (non-hydrogen) atoms. The van der Waals surface area contributed by atoms with Crippen LogP contribution in [-0.4, -0.2) is 107 Å². The molecular formula is C27H32F2N10O3. The predicted molar refractivity (Wildman–Crippen MR) is 152 cm³/mol. The number of nitrogen functional groups attached to an aromatic ring is 1. The van der Waals surface area contributed by atoms with Crippen molar-refractivity contribution in [2.75, 3.05) is 88.8 Å². The minimum Gasteiger partial charge on any atom is -0.494 e. The number of anilines is 3. The second-order valence-electron chi connectivity index (χ2n) is 9.84. The number of morpholine rings is 2. The standard InChI is InChI=1S/C27H32F2N10O3/c1-40-20-4-2-3-19-21(20)33-25(22(28)29)39(19)27-35-24(34-26(36-27)38-9-13-42-14-10-38)18-15-17(30)16-32-23(18)31-5-6-37-7-11-41-12-8-37/h2-4,15-16,22H,5-14,30H2,1H3,(H,31,32). The third kappa shape index (κ3) is 5.75. The van der Waals surface area contributed by atoms with Gasteiger partial charge in [-0.3, -0.25) is 9.47 Å². The number of methoxy groups -OCH3 is 1. The normalized spacial score (nSPS) is 16.3. The molecule has 5 heterocycles. The first kappa shape index (κ1) is 27.9. The third-order valence-electron chi connectivity index (χ3n) is 7.17. The van der Waals surface area contributed by atoms with Crippen LogP contribution in [0.3, 0.4) is 0 Å². The summed E-state index contributed by atoms with van der Waals surface area (Å²) in [4.78, 5) is 27.1. The molecule has 2 saturated heterocycles. The number of pyridine rings is 1. The lowest BCUT2D eigenvalue weighted by Gasteiger charge is -2.27. The number of halogens is 2. The quantitative estimate of drug-likeness (QED) is 0.299. The summed E-state index contributed by atoms with van der Waals surface area (Å²) < 4.78 is 46.4. The van der Waals surface area contributed by atoms with Gasteiger partial charge >= 0.3 is 0 Å². The fraction of sp³-hybridized carbons (Fsp3) is 0.444. The number of imidazole rings is 1. The zero-order valence-corrected chi connectivity index (χ0v) is 23.2. The van der Waals surface area contributed by atoms with E-state index >= 15 is 0 Å². The van der Waals surface area contributed by atoms with Crippen LogP contribution in [0.15, 0.2) is 30.5 Å². The molecule has 4 aromatic rings. The molecule has 0 radical (unpaired) electrons. The molecule has 222 valence electrons. The minimum atomic E-state index is -2.90. The van der Waals surface area contributed by atoms with E-state index in [1.165, 1.54) is 11.7 Å². The highest BCUT2D eigenvalue weighted by atomic mass is 19.3. The van der Waals surface area contributed by atoms with E-state index in [0.717, 1.165) is 19.6 Å². The topological polar surface area (TPSA) is 142 Å². The highest BCUT2D eigenvalue weighted by Gasteiger charge is 2.26. The van der Waals surface area contributed by atoms with Gasteiger partial charge in [0, 0.05) is 39.3 Å². The lowest BCUT2D eigenvalue weighted by atomic mass is 10.2. The van der Waals surface area contributed by atoms with Crippen LogP contribution in [0.25, 0.3) is 28.4 Å². The maximum Gasteiger partial charge on any atom is 0.296 e. The van der Waals surface area contributed by atoms with E-state index in [2.05, 4.69) is 25.2 Å². The van der Waals surface area contributed by atoms with E-state index in [0.29, 0.717) is 80.3 Å². The molecule has 6 rings (SSSR count). The third-order valence-corrected chi connectivity index (χ3v) is 7.17. The van der Waals surface area contributed by atoms with Gasteiger partial charge in [0.05, 0.1) is 56.5 Å². The molecule has 0 spiro atoms. The summed E-state index contributed by atoms with van der Waals surface area (Å²) in [6.45, 7) is 6.56. The zero-order chi connectivity index (χ0) is 29.1. The monoisotopic (exact) mass is 582 g/mol. The number of nitrogens with one attached hydrogen (secondary N) is 1. The van der Waals surface area contributed by atoms with Gasteiger partial charge in [-0.05, 0) is 18.2 Å². The van der Waals surface area contributed by atoms with Crippen LogP contribution in [0, 0.1) is 0 Å². The first-order valence-corrected chi connectivity index (χ1v) is 13.7. The highest BCUT2D eigenvalue weighted by Crippen LogP contribution is 2.33. The van der Waals surface area contributed by atoms with Crippen LogP contribution in [0.1, 0.15) is 12.2 Å². The molecule has 3 aromatic heterocycles. The molecule has 0 amide bonds. The van der Waals surface area contributed by atoms with Crippen molar-refractivity contribution in [3.8, 4) is 23.1 Å². The summed E-state index contributed by atoms with van der Waals surface area (Å²) in [7, 11) is 1.47. The van der Waals surface area contributed by atoms with Gasteiger partial charge < -0.3 is 30.2 Å². The molecule has 1 aromatic carbocycles. The van der Waals surface area contributed by atoms with E-state index in [-0.39, 0.29) is 17.3 Å². The number of fused-ring (bicyclic) bond motifs is 1. The van der Waals surface area contributed by atoms with Crippen molar-refractivity contribution in [2.24, 2.45) is 0 Å². The number of nitrogens with two attached hydrogens (primary N) is 1. The summed E-state index contributed by atoms with van der Waals surface area (Å²) >= 11 is 0. The molecule has 0 atom stereocenters. The second kappa shape index (κ2) is 12.3. The molecule has 13 nitrogen and oxygen atoms in total. The maximum atomic E-state index is 14.4. The number of ether oxygens (including phenoxy) is 3. The fourth-order valence-corrected chi connectivity index (χ4v) is 5.04. The van der Waals surface area contributed by atoms with Gasteiger partial charge in [-0.15, -0.1) is 0 Å². The Morgan fingerprint density at radius 2 is 1.74 bits per heavy atom. The summed E-state index contributed by atoms with van der Waals surface area (Å²) in [5.41, 5.74) is 7.74. The Labute approximate surface area is 240 Å². The number of alkyl halides is 2. The Morgan fingerprint density at radius 3 is 2.48 bits per heavy atom. The highest BCUT2D eigenvalue weighted by molar-refractivity contribution is 5.84. The number of aromatic nitrogens is 6. The van der Waals surface area contributed by atoms with Crippen molar-refractivity contribution in [3.05, 3.63) is 36.3 Å². The number of nitrogens with zero attached hydrogens (tertiary/aromatic N) is 8. The van der Waals surface area contributed by atoms with Gasteiger partial charge in [0.25, 0.3) is 6.43 Å². The maximum absolute atomic E-state index is 14.4. The van der Waals surface area contributed by atoms with Gasteiger partial charge in [0.2, 0.25) is 11.9 Å². The molecule has 2 fully saturated rings. The second-order valence-corrected chi connectivity index (χ2v) is 9.84. The van der Waals surface area contributed by atoms with Gasteiger partial charge in [-0.2, -0.15) is 15.0 Å². The SMILES string of the molecule is COc1cccc2c1nc(C(F)F)n2-c1nc(-c2cc(N)cnc2NCCN2CCOCC2)nc(N2CCOCC2)n1. The lowest BCUT2D eigenvalue weighted by Crippen LogP contribution is -2.39. The average Bonchev–Trinajstić information content (AvgIpc) is 3.43. The van der Waals surface area contributed by atoms with Crippen molar-refractivity contribution in [3.63, 3.8) is 0 Å². The van der Waals surface area contributed by atoms with Gasteiger partial charge in [-0.1, -0.05) is 6.07 Å². The number of hydrogen-bond acceptors (Lipinski definition) is 12. The Morgan fingerprint density at radius 1 is 1.00 bits per heavy atom. The molecule has 0 unspecified atom stereocenters. The zero-order valence-electron chi connectivity index (χ0n) is 23.2. The van der Waals surface area contributed by atoms with E-state index in [9.17, 15) is 8.78 Å². The number of hydrogen-bond donors (Lipinski definition) is 2. The fourth-order valence-electron chi connectivity index (χ4n) is 5.04. The predicted octanol–water partition coefficient (Wildman–Crippen LogP) is 2.38. The molecule has 2 aliphatic rings. The molecule has 0 saturated carbocycles. The van der Waals surface area contributed by atoms with Crippen molar-refractivity contribution < 1.29 is 23.0 Å². The summed E-state index contributed by atoms with van der Waals surface area (Å²) in [5.74, 6) is 0.935. The van der Waals surface area contributed by atoms with Crippen LogP contribution >= 0.6 is 0 Å². The Hall–Kier alpha value is -4.21. The Balaban J connectivity index is 1.46. The molecule has 0 bridgehead atoms. The molecule has 2 aliphatic heterocycles. The van der Waals surface area contributed by atoms with Crippen LogP contribution in [-0.2, 0) is 9.47 Å². The summed E-state index contributed by atoms with van der Waals surface area (Å²) in [5, 5.41) is 3.37. The van der Waals surface area contributed by atoms with Crippen LogP contribution in [0.2, 0.25) is 0 Å². The number of para-hydroxylation sites is 1. The Kier molecular flexibility index (Phi) is 8.21. The van der Waals surface area contributed by atoms with Gasteiger partial charge in [0.1, 0.15) is 17.1 Å². The van der Waals surface area contributed by atoms with Gasteiger partial charge in [0.15, 0.2) is 11.6 Å². The Bertz CT molecular complexity index is 1540. The molecular weight excluding hydrogens is 550 g/mol. The summed E-state index contributed by atoms with van der Waals surface area (Å²) in [6, 6.07) is 6.77. The van der Waals surface area contributed by atoms with E-state index in [1.54, 1.807) is 30.5 Å². The first-order chi connectivity index (χ1) is 20.5. The minimum absolute atomic E-state index is 0.00534. The van der Waals surface area contributed by atoms with Crippen molar-refractivity contribution in [1.82, 2.24) is 34.4 Å². The van der Waals surface area contributed by atoms with E-state index in [1.807, 2.05) is 4.90 Å². The molecule has 3 N–H and O–H groups in total. The first-order valence-electron chi connectivity index (χ1n) is 13.7. The number of benzene rings is 1. The number of rotatable bonds is 9. The van der Waals surface area contributed by atoms with Crippen LogP contribution in [0.4, 0.5) is 26.2 Å². The lowest BCUT2D eigenvalue weighted by molar-refractivity contribution is 0.0398. The average molecular weight is 583 g/mol. The molecule has 0 aliphatic carbocycles. The van der Waals surface area contributed by atoms with Crippen molar-refractivity contribution >= 4 is 28.5 Å². The largest absolute Gasteiger partial charge is 0.494 e.